The molecule has 9 heteroatoms. The Morgan fingerprint density at radius 3 is 2.39 bits per heavy atom. The molecule has 1 N–H and O–H groups in total. The second kappa shape index (κ2) is 8.73. The van der Waals surface area contributed by atoms with Gasteiger partial charge in [0.25, 0.3) is 11.8 Å². The van der Waals surface area contributed by atoms with Crippen molar-refractivity contribution in [2.24, 2.45) is 0 Å². The molecule has 31 heavy (non-hydrogen) atoms. The van der Waals surface area contributed by atoms with Gasteiger partial charge in [-0.05, 0) is 60.9 Å². The number of carbonyl (C=O) groups is 4. The van der Waals surface area contributed by atoms with Gasteiger partial charge in [0.05, 0.1) is 12.8 Å². The van der Waals surface area contributed by atoms with E-state index in [9.17, 15) is 19.2 Å². The van der Waals surface area contributed by atoms with Crippen molar-refractivity contribution >= 4 is 51.5 Å². The van der Waals surface area contributed by atoms with Gasteiger partial charge in [-0.25, -0.2) is 9.69 Å². The summed E-state index contributed by atoms with van der Waals surface area (Å²) in [7, 11) is 1.39. The highest BCUT2D eigenvalue weighted by Crippen LogP contribution is 2.35. The van der Waals surface area contributed by atoms with Gasteiger partial charge in [-0.3, -0.25) is 19.7 Å². The van der Waals surface area contributed by atoms with Crippen LogP contribution in [0.15, 0.2) is 40.4 Å². The van der Waals surface area contributed by atoms with Crippen molar-refractivity contribution in [1.82, 2.24) is 5.32 Å². The van der Waals surface area contributed by atoms with Crippen molar-refractivity contribution in [3.8, 4) is 11.5 Å². The molecule has 8 nitrogen and oxygen atoms in total. The number of esters is 1. The first-order chi connectivity index (χ1) is 14.6. The van der Waals surface area contributed by atoms with Crippen LogP contribution in [-0.2, 0) is 14.4 Å². The van der Waals surface area contributed by atoms with Gasteiger partial charge < -0.3 is 9.47 Å². The van der Waals surface area contributed by atoms with Crippen LogP contribution in [0.3, 0.4) is 0 Å². The van der Waals surface area contributed by atoms with E-state index in [1.807, 2.05) is 13.8 Å². The quantitative estimate of drug-likeness (QED) is 0.306. The first-order valence-electron chi connectivity index (χ1n) is 9.17. The second-order valence-corrected chi connectivity index (χ2v) is 7.70. The zero-order valence-electron chi connectivity index (χ0n) is 17.2. The Hall–Kier alpha value is -3.46. The molecule has 0 aliphatic carbocycles. The van der Waals surface area contributed by atoms with Crippen LogP contribution in [-0.4, -0.2) is 30.9 Å². The zero-order valence-corrected chi connectivity index (χ0v) is 18.8. The van der Waals surface area contributed by atoms with Crippen LogP contribution >= 0.6 is 15.9 Å². The van der Waals surface area contributed by atoms with E-state index >= 15 is 0 Å². The molecule has 1 fully saturated rings. The summed E-state index contributed by atoms with van der Waals surface area (Å²) in [6, 6.07) is 7.31. The van der Waals surface area contributed by atoms with Gasteiger partial charge in [0.1, 0.15) is 5.57 Å². The summed E-state index contributed by atoms with van der Waals surface area (Å²) in [5.74, 6) is -1.69. The molecule has 0 radical (unpaired) electrons. The van der Waals surface area contributed by atoms with Gasteiger partial charge in [0.2, 0.25) is 0 Å². The number of carbonyl (C=O) groups excluding carboxylic acids is 4. The van der Waals surface area contributed by atoms with E-state index in [2.05, 4.69) is 21.2 Å². The largest absolute Gasteiger partial charge is 0.493 e. The van der Waals surface area contributed by atoms with Gasteiger partial charge in [-0.15, -0.1) is 0 Å². The lowest BCUT2D eigenvalue weighted by Gasteiger charge is -2.27. The number of halogens is 1. The lowest BCUT2D eigenvalue weighted by atomic mass is 10.0. The van der Waals surface area contributed by atoms with E-state index in [1.54, 1.807) is 18.2 Å². The number of methoxy groups -OCH3 is 1. The predicted octanol–water partition coefficient (Wildman–Crippen LogP) is 3.67. The molecule has 2 aromatic rings. The Morgan fingerprint density at radius 1 is 1.06 bits per heavy atom. The fraction of sp³-hybridized carbons (Fsp3) is 0.182. The van der Waals surface area contributed by atoms with E-state index in [-0.39, 0.29) is 17.1 Å². The molecule has 4 amide bonds. The summed E-state index contributed by atoms with van der Waals surface area (Å²) >= 11 is 3.34. The van der Waals surface area contributed by atoms with E-state index in [0.717, 1.165) is 16.0 Å². The molecule has 2 aromatic carbocycles. The molecule has 0 saturated carbocycles. The highest BCUT2D eigenvalue weighted by atomic mass is 79.9. The minimum Gasteiger partial charge on any atom is -0.493 e. The SMILES string of the molecule is COc1cc(/C=C2\C(=O)NC(=O)N(c3ccc(C)c(C)c3)C2=O)c(Br)cc1OC(C)=O. The van der Waals surface area contributed by atoms with Gasteiger partial charge in [0.15, 0.2) is 11.5 Å². The molecule has 160 valence electrons. The summed E-state index contributed by atoms with van der Waals surface area (Å²) < 4.78 is 10.8. The number of hydrogen-bond donors (Lipinski definition) is 1. The molecule has 1 heterocycles. The maximum Gasteiger partial charge on any atom is 0.335 e. The molecule has 0 aromatic heterocycles. The lowest BCUT2D eigenvalue weighted by Crippen LogP contribution is -2.54. The summed E-state index contributed by atoms with van der Waals surface area (Å²) in [5, 5.41) is 2.19. The highest BCUT2D eigenvalue weighted by molar-refractivity contribution is 9.10. The zero-order chi connectivity index (χ0) is 22.9. The summed E-state index contributed by atoms with van der Waals surface area (Å²) in [4.78, 5) is 50.1. The third kappa shape index (κ3) is 4.51. The summed E-state index contributed by atoms with van der Waals surface area (Å²) in [6.45, 7) is 5.03. The first-order valence-corrected chi connectivity index (χ1v) is 9.96. The number of amides is 4. The number of rotatable bonds is 4. The molecular formula is C22H19BrN2O6. The van der Waals surface area contributed by atoms with Crippen LogP contribution < -0.4 is 19.7 Å². The van der Waals surface area contributed by atoms with E-state index in [0.29, 0.717) is 15.7 Å². The third-order valence-corrected chi connectivity index (χ3v) is 5.37. The number of imide groups is 2. The first kappa shape index (κ1) is 22.2. The third-order valence-electron chi connectivity index (χ3n) is 4.69. The Labute approximate surface area is 186 Å². The van der Waals surface area contributed by atoms with Crippen molar-refractivity contribution in [3.05, 3.63) is 57.1 Å². The minimum atomic E-state index is -0.822. The standard InChI is InChI=1S/C22H19BrN2O6/c1-11-5-6-15(7-12(11)2)25-21(28)16(20(27)24-22(25)29)8-14-9-18(30-4)19(10-17(14)23)31-13(3)26/h5-10H,1-4H3,(H,24,27,29)/b16-8+. The van der Waals surface area contributed by atoms with Crippen LogP contribution in [0.5, 0.6) is 11.5 Å². The van der Waals surface area contributed by atoms with Crippen molar-refractivity contribution in [2.75, 3.05) is 12.0 Å². The van der Waals surface area contributed by atoms with Crippen molar-refractivity contribution in [1.29, 1.82) is 0 Å². The fourth-order valence-corrected chi connectivity index (χ4v) is 3.40. The Balaban J connectivity index is 2.05. The number of benzene rings is 2. The number of nitrogens with one attached hydrogen (secondary N) is 1. The normalized spacial score (nSPS) is 15.2. The van der Waals surface area contributed by atoms with E-state index in [4.69, 9.17) is 9.47 Å². The Kier molecular flexibility index (Phi) is 6.26. The molecule has 1 aliphatic heterocycles. The number of aryl methyl sites for hydroxylation is 2. The predicted molar refractivity (Wildman–Crippen MR) is 117 cm³/mol. The Morgan fingerprint density at radius 2 is 1.77 bits per heavy atom. The number of anilines is 1. The van der Waals surface area contributed by atoms with Gasteiger partial charge in [0, 0.05) is 11.4 Å². The molecule has 0 spiro atoms. The van der Waals surface area contributed by atoms with E-state index < -0.39 is 23.8 Å². The minimum absolute atomic E-state index is 0.176. The maximum atomic E-state index is 13.1. The molecule has 0 atom stereocenters. The van der Waals surface area contributed by atoms with Crippen molar-refractivity contribution < 1.29 is 28.7 Å². The van der Waals surface area contributed by atoms with Gasteiger partial charge in [-0.2, -0.15) is 0 Å². The van der Waals surface area contributed by atoms with Crippen LogP contribution in [0, 0.1) is 13.8 Å². The molecule has 0 bridgehead atoms. The van der Waals surface area contributed by atoms with E-state index in [1.165, 1.54) is 32.2 Å². The number of ether oxygens (including phenoxy) is 2. The van der Waals surface area contributed by atoms with Crippen LogP contribution in [0.1, 0.15) is 23.6 Å². The molecule has 1 saturated heterocycles. The number of nitrogens with zero attached hydrogens (tertiary/aromatic N) is 1. The van der Waals surface area contributed by atoms with Crippen LogP contribution in [0.2, 0.25) is 0 Å². The maximum absolute atomic E-state index is 13.1. The fourth-order valence-electron chi connectivity index (χ4n) is 2.97. The highest BCUT2D eigenvalue weighted by Gasteiger charge is 2.37. The molecule has 3 rings (SSSR count). The van der Waals surface area contributed by atoms with Crippen LogP contribution in [0.4, 0.5) is 10.5 Å². The number of hydrogen-bond acceptors (Lipinski definition) is 6. The summed E-state index contributed by atoms with van der Waals surface area (Å²) in [6.07, 6.45) is 1.34. The smallest absolute Gasteiger partial charge is 0.335 e. The van der Waals surface area contributed by atoms with Crippen LogP contribution in [0.25, 0.3) is 6.08 Å². The molecular weight excluding hydrogens is 468 g/mol. The van der Waals surface area contributed by atoms with Gasteiger partial charge >= 0.3 is 12.0 Å². The second-order valence-electron chi connectivity index (χ2n) is 6.84. The summed E-state index contributed by atoms with van der Waals surface area (Å²) in [5.41, 5.74) is 2.44. The average Bonchev–Trinajstić information content (AvgIpc) is 2.68. The van der Waals surface area contributed by atoms with Crippen molar-refractivity contribution in [2.45, 2.75) is 20.8 Å². The number of barbiturate groups is 1. The number of urea groups is 1. The molecule has 1 aliphatic rings. The average molecular weight is 487 g/mol. The monoisotopic (exact) mass is 486 g/mol. The molecule has 0 unspecified atom stereocenters. The topological polar surface area (TPSA) is 102 Å². The van der Waals surface area contributed by atoms with Gasteiger partial charge in [-0.1, -0.05) is 22.0 Å². The lowest BCUT2D eigenvalue weighted by molar-refractivity contribution is -0.132. The van der Waals surface area contributed by atoms with Crippen molar-refractivity contribution in [3.63, 3.8) is 0 Å². The Bertz CT molecular complexity index is 1150.